The summed E-state index contributed by atoms with van der Waals surface area (Å²) in [5.74, 6) is 1.92. The maximum Gasteiger partial charge on any atom is 0.0948 e. The van der Waals surface area contributed by atoms with E-state index >= 15 is 0 Å². The zero-order valence-electron chi connectivity index (χ0n) is 13.5. The zero-order chi connectivity index (χ0) is 15.4. The summed E-state index contributed by atoms with van der Waals surface area (Å²) in [4.78, 5) is 4.32. The van der Waals surface area contributed by atoms with Crippen LogP contribution in [-0.4, -0.2) is 9.55 Å². The van der Waals surface area contributed by atoms with Gasteiger partial charge in [0.1, 0.15) is 0 Å². The van der Waals surface area contributed by atoms with Gasteiger partial charge in [-0.3, -0.25) is 0 Å². The fourth-order valence-electron chi connectivity index (χ4n) is 2.99. The highest BCUT2D eigenvalue weighted by atomic mass is 15.1. The van der Waals surface area contributed by atoms with Gasteiger partial charge in [0.25, 0.3) is 0 Å². The molecule has 0 radical (unpaired) electrons. The van der Waals surface area contributed by atoms with Crippen LogP contribution in [0.4, 0.5) is 0 Å². The SMILES string of the molecule is CC(C)C(Cn1cncc1C(N)c1ccccc1)C(C)C. The lowest BCUT2D eigenvalue weighted by molar-refractivity contribution is 0.249. The molecule has 3 heteroatoms. The number of hydrogen-bond donors (Lipinski definition) is 1. The first-order valence-corrected chi connectivity index (χ1v) is 7.81. The largest absolute Gasteiger partial charge is 0.333 e. The van der Waals surface area contributed by atoms with Crippen LogP contribution in [0.15, 0.2) is 42.9 Å². The van der Waals surface area contributed by atoms with Gasteiger partial charge in [-0.2, -0.15) is 0 Å². The standard InChI is InChI=1S/C18H27N3/c1-13(2)16(14(3)4)11-21-12-20-10-17(21)18(19)15-8-6-5-7-9-15/h5-10,12-14,16,18H,11,19H2,1-4H3. The van der Waals surface area contributed by atoms with E-state index in [1.165, 1.54) is 0 Å². The summed E-state index contributed by atoms with van der Waals surface area (Å²) in [7, 11) is 0. The summed E-state index contributed by atoms with van der Waals surface area (Å²) >= 11 is 0. The molecule has 0 fully saturated rings. The first-order chi connectivity index (χ1) is 10.0. The Bertz CT molecular complexity index is 535. The van der Waals surface area contributed by atoms with Gasteiger partial charge < -0.3 is 10.3 Å². The van der Waals surface area contributed by atoms with Crippen LogP contribution in [0.1, 0.15) is 45.0 Å². The highest BCUT2D eigenvalue weighted by Crippen LogP contribution is 2.25. The van der Waals surface area contributed by atoms with Crippen molar-refractivity contribution in [1.82, 2.24) is 9.55 Å². The molecule has 0 saturated heterocycles. The minimum absolute atomic E-state index is 0.117. The Morgan fingerprint density at radius 2 is 1.67 bits per heavy atom. The molecule has 1 aromatic carbocycles. The van der Waals surface area contributed by atoms with Crippen LogP contribution in [0.25, 0.3) is 0 Å². The third-order valence-corrected chi connectivity index (χ3v) is 4.34. The lowest BCUT2D eigenvalue weighted by Gasteiger charge is -2.27. The average Bonchev–Trinajstić information content (AvgIpc) is 2.92. The maximum atomic E-state index is 6.43. The molecular weight excluding hydrogens is 258 g/mol. The summed E-state index contributed by atoms with van der Waals surface area (Å²) < 4.78 is 2.22. The number of benzene rings is 1. The Kier molecular flexibility index (Phi) is 5.18. The van der Waals surface area contributed by atoms with Crippen LogP contribution in [0.2, 0.25) is 0 Å². The smallest absolute Gasteiger partial charge is 0.0948 e. The van der Waals surface area contributed by atoms with Crippen LogP contribution < -0.4 is 5.73 Å². The van der Waals surface area contributed by atoms with Crippen molar-refractivity contribution < 1.29 is 0 Å². The summed E-state index contributed by atoms with van der Waals surface area (Å²) in [5.41, 5.74) is 8.65. The Balaban J connectivity index is 2.22. The molecule has 1 unspecified atom stereocenters. The molecular formula is C18H27N3. The summed E-state index contributed by atoms with van der Waals surface area (Å²) in [5, 5.41) is 0. The van der Waals surface area contributed by atoms with Crippen LogP contribution in [0, 0.1) is 17.8 Å². The third-order valence-electron chi connectivity index (χ3n) is 4.34. The quantitative estimate of drug-likeness (QED) is 0.876. The first kappa shape index (κ1) is 15.8. The maximum absolute atomic E-state index is 6.43. The van der Waals surface area contributed by atoms with Crippen molar-refractivity contribution in [1.29, 1.82) is 0 Å². The molecule has 1 heterocycles. The lowest BCUT2D eigenvalue weighted by Crippen LogP contribution is -2.24. The van der Waals surface area contributed by atoms with E-state index < -0.39 is 0 Å². The second-order valence-corrected chi connectivity index (χ2v) is 6.51. The number of imidazole rings is 1. The Morgan fingerprint density at radius 1 is 1.05 bits per heavy atom. The molecule has 0 spiro atoms. The second kappa shape index (κ2) is 6.90. The monoisotopic (exact) mass is 285 g/mol. The fourth-order valence-corrected chi connectivity index (χ4v) is 2.99. The van der Waals surface area contributed by atoms with Gasteiger partial charge in [-0.15, -0.1) is 0 Å². The molecule has 0 aliphatic heterocycles. The van der Waals surface area contributed by atoms with E-state index in [0.717, 1.165) is 17.8 Å². The Morgan fingerprint density at radius 3 is 2.24 bits per heavy atom. The summed E-state index contributed by atoms with van der Waals surface area (Å²) in [6.45, 7) is 10.1. The van der Waals surface area contributed by atoms with E-state index in [-0.39, 0.29) is 6.04 Å². The molecule has 1 atom stereocenters. The summed E-state index contributed by atoms with van der Waals surface area (Å²) in [6.07, 6.45) is 3.81. The topological polar surface area (TPSA) is 43.8 Å². The first-order valence-electron chi connectivity index (χ1n) is 7.81. The average molecular weight is 285 g/mol. The van der Waals surface area contributed by atoms with E-state index in [1.54, 1.807) is 0 Å². The second-order valence-electron chi connectivity index (χ2n) is 6.51. The molecule has 2 N–H and O–H groups in total. The molecule has 0 saturated carbocycles. The Hall–Kier alpha value is -1.61. The molecule has 0 bridgehead atoms. The van der Waals surface area contributed by atoms with Crippen molar-refractivity contribution in [3.63, 3.8) is 0 Å². The number of rotatable bonds is 6. The predicted molar refractivity (Wildman–Crippen MR) is 87.9 cm³/mol. The predicted octanol–water partition coefficient (Wildman–Crippen LogP) is 3.86. The Labute approximate surface area is 128 Å². The van der Waals surface area contributed by atoms with Crippen LogP contribution in [0.3, 0.4) is 0 Å². The van der Waals surface area contributed by atoms with Crippen molar-refractivity contribution in [3.8, 4) is 0 Å². The van der Waals surface area contributed by atoms with E-state index in [4.69, 9.17) is 5.73 Å². The van der Waals surface area contributed by atoms with Gasteiger partial charge in [0, 0.05) is 6.54 Å². The lowest BCUT2D eigenvalue weighted by atomic mass is 9.85. The van der Waals surface area contributed by atoms with Gasteiger partial charge in [0.2, 0.25) is 0 Å². The van der Waals surface area contributed by atoms with E-state index in [1.807, 2.05) is 30.7 Å². The molecule has 0 aliphatic carbocycles. The highest BCUT2D eigenvalue weighted by Gasteiger charge is 2.21. The fraction of sp³-hybridized carbons (Fsp3) is 0.500. The van der Waals surface area contributed by atoms with Crippen LogP contribution >= 0.6 is 0 Å². The van der Waals surface area contributed by atoms with E-state index in [2.05, 4.69) is 49.4 Å². The van der Waals surface area contributed by atoms with Crippen LogP contribution in [0.5, 0.6) is 0 Å². The number of hydrogen-bond acceptors (Lipinski definition) is 2. The van der Waals surface area contributed by atoms with Crippen molar-refractivity contribution >= 4 is 0 Å². The molecule has 114 valence electrons. The normalized spacial score (nSPS) is 13.3. The van der Waals surface area contributed by atoms with Gasteiger partial charge in [-0.1, -0.05) is 58.0 Å². The van der Waals surface area contributed by atoms with Crippen molar-refractivity contribution in [3.05, 3.63) is 54.1 Å². The van der Waals surface area contributed by atoms with E-state index in [9.17, 15) is 0 Å². The summed E-state index contributed by atoms with van der Waals surface area (Å²) in [6, 6.07) is 10.1. The van der Waals surface area contributed by atoms with Gasteiger partial charge >= 0.3 is 0 Å². The number of aromatic nitrogens is 2. The molecule has 2 rings (SSSR count). The van der Waals surface area contributed by atoms with Gasteiger partial charge in [0.05, 0.1) is 24.3 Å². The molecule has 3 nitrogen and oxygen atoms in total. The molecule has 2 aromatic rings. The minimum Gasteiger partial charge on any atom is -0.333 e. The minimum atomic E-state index is -0.117. The molecule has 0 aliphatic rings. The van der Waals surface area contributed by atoms with E-state index in [0.29, 0.717) is 17.8 Å². The van der Waals surface area contributed by atoms with Gasteiger partial charge in [-0.05, 0) is 23.3 Å². The van der Waals surface area contributed by atoms with Gasteiger partial charge in [-0.25, -0.2) is 4.98 Å². The highest BCUT2D eigenvalue weighted by molar-refractivity contribution is 5.26. The zero-order valence-corrected chi connectivity index (χ0v) is 13.5. The van der Waals surface area contributed by atoms with Crippen molar-refractivity contribution in [2.24, 2.45) is 23.5 Å². The van der Waals surface area contributed by atoms with Crippen LogP contribution in [-0.2, 0) is 6.54 Å². The van der Waals surface area contributed by atoms with Gasteiger partial charge in [0.15, 0.2) is 0 Å². The van der Waals surface area contributed by atoms with Crippen molar-refractivity contribution in [2.75, 3.05) is 0 Å². The number of nitrogens with zero attached hydrogens (tertiary/aromatic N) is 2. The molecule has 21 heavy (non-hydrogen) atoms. The molecule has 0 amide bonds. The molecule has 1 aromatic heterocycles. The number of nitrogens with two attached hydrogens (primary N) is 1. The third kappa shape index (κ3) is 3.73. The van der Waals surface area contributed by atoms with Crippen molar-refractivity contribution in [2.45, 2.75) is 40.3 Å².